The third-order valence-electron chi connectivity index (χ3n) is 3.20. The van der Waals surface area contributed by atoms with Crippen LogP contribution in [0.3, 0.4) is 0 Å². The Morgan fingerprint density at radius 2 is 1.41 bits per heavy atom. The highest BCUT2D eigenvalue weighted by atomic mass is 19.1. The third kappa shape index (κ3) is 5.44. The van der Waals surface area contributed by atoms with Gasteiger partial charge in [0.2, 0.25) is 0 Å². The normalized spacial score (nSPS) is 11.3. The van der Waals surface area contributed by atoms with Crippen LogP contribution >= 0.6 is 0 Å². The van der Waals surface area contributed by atoms with Crippen molar-refractivity contribution in [2.24, 2.45) is 10.2 Å². The molecule has 0 heterocycles. The Kier molecular flexibility index (Phi) is 6.24. The number of nitrogens with zero attached hydrogens (tertiary/aromatic N) is 2. The van der Waals surface area contributed by atoms with E-state index in [1.807, 2.05) is 18.2 Å². The molecule has 0 aliphatic heterocycles. The van der Waals surface area contributed by atoms with Gasteiger partial charge in [-0.15, -0.1) is 6.58 Å². The van der Waals surface area contributed by atoms with Crippen molar-refractivity contribution < 1.29 is 4.39 Å². The molecule has 0 fully saturated rings. The third-order valence-corrected chi connectivity index (χ3v) is 3.20. The Hall–Kier alpha value is -2.55. The minimum Gasteiger partial charge on any atom is -0.207 e. The molecule has 0 spiro atoms. The molecular weight excluding hydrogens is 275 g/mol. The minimum atomic E-state index is -0.256. The SMILES string of the molecule is C=CCCCc1ccc(/C=N/N=C/c2ccc(F)cc2)cc1. The van der Waals surface area contributed by atoms with E-state index in [0.29, 0.717) is 0 Å². The first-order valence-electron chi connectivity index (χ1n) is 7.30. The molecule has 22 heavy (non-hydrogen) atoms. The van der Waals surface area contributed by atoms with Gasteiger partial charge in [-0.2, -0.15) is 10.2 Å². The van der Waals surface area contributed by atoms with Crippen LogP contribution in [0, 0.1) is 5.82 Å². The van der Waals surface area contributed by atoms with E-state index in [1.165, 1.54) is 17.7 Å². The number of benzene rings is 2. The summed E-state index contributed by atoms with van der Waals surface area (Å²) >= 11 is 0. The monoisotopic (exact) mass is 294 g/mol. The van der Waals surface area contributed by atoms with Crippen LogP contribution in [-0.4, -0.2) is 12.4 Å². The zero-order valence-corrected chi connectivity index (χ0v) is 12.5. The first-order valence-corrected chi connectivity index (χ1v) is 7.30. The maximum absolute atomic E-state index is 12.7. The quantitative estimate of drug-likeness (QED) is 0.304. The van der Waals surface area contributed by atoms with Crippen LogP contribution in [0.4, 0.5) is 4.39 Å². The lowest BCUT2D eigenvalue weighted by molar-refractivity contribution is 0.628. The fourth-order valence-corrected chi connectivity index (χ4v) is 1.97. The molecule has 0 amide bonds. The number of unbranched alkanes of at least 4 members (excludes halogenated alkanes) is 1. The Labute approximate surface area is 130 Å². The summed E-state index contributed by atoms with van der Waals surface area (Å²) in [5, 5.41) is 7.96. The van der Waals surface area contributed by atoms with Crippen LogP contribution in [0.2, 0.25) is 0 Å². The number of hydrogen-bond acceptors (Lipinski definition) is 2. The fraction of sp³-hybridized carbons (Fsp3) is 0.158. The van der Waals surface area contributed by atoms with Crippen LogP contribution in [0.1, 0.15) is 29.5 Å². The van der Waals surface area contributed by atoms with E-state index in [1.54, 1.807) is 24.6 Å². The molecule has 0 aliphatic rings. The van der Waals surface area contributed by atoms with Crippen molar-refractivity contribution in [1.29, 1.82) is 0 Å². The molecule has 2 rings (SSSR count). The molecule has 0 aliphatic carbocycles. The summed E-state index contributed by atoms with van der Waals surface area (Å²) in [5.41, 5.74) is 3.13. The Morgan fingerprint density at radius 1 is 0.864 bits per heavy atom. The van der Waals surface area contributed by atoms with E-state index in [9.17, 15) is 4.39 Å². The van der Waals surface area contributed by atoms with Gasteiger partial charge in [-0.3, -0.25) is 0 Å². The van der Waals surface area contributed by atoms with Crippen LogP contribution in [0.15, 0.2) is 71.4 Å². The summed E-state index contributed by atoms with van der Waals surface area (Å²) in [7, 11) is 0. The van der Waals surface area contributed by atoms with Gasteiger partial charge in [0, 0.05) is 0 Å². The van der Waals surface area contributed by atoms with E-state index in [-0.39, 0.29) is 5.82 Å². The molecule has 0 bridgehead atoms. The lowest BCUT2D eigenvalue weighted by atomic mass is 10.1. The smallest absolute Gasteiger partial charge is 0.123 e. The average Bonchev–Trinajstić information content (AvgIpc) is 2.55. The van der Waals surface area contributed by atoms with Crippen LogP contribution < -0.4 is 0 Å². The zero-order valence-electron chi connectivity index (χ0n) is 12.5. The fourth-order valence-electron chi connectivity index (χ4n) is 1.97. The van der Waals surface area contributed by atoms with Crippen molar-refractivity contribution >= 4 is 12.4 Å². The topological polar surface area (TPSA) is 24.7 Å². The molecule has 112 valence electrons. The summed E-state index contributed by atoms with van der Waals surface area (Å²) in [4.78, 5) is 0. The van der Waals surface area contributed by atoms with Gasteiger partial charge in [0.15, 0.2) is 0 Å². The average molecular weight is 294 g/mol. The van der Waals surface area contributed by atoms with Gasteiger partial charge in [0.05, 0.1) is 12.4 Å². The largest absolute Gasteiger partial charge is 0.207 e. The van der Waals surface area contributed by atoms with Gasteiger partial charge in [-0.1, -0.05) is 42.5 Å². The van der Waals surface area contributed by atoms with Gasteiger partial charge in [0.25, 0.3) is 0 Å². The minimum absolute atomic E-state index is 0.256. The Morgan fingerprint density at radius 3 is 1.95 bits per heavy atom. The van der Waals surface area contributed by atoms with Crippen LogP contribution in [0.5, 0.6) is 0 Å². The van der Waals surface area contributed by atoms with Gasteiger partial charge in [-0.25, -0.2) is 4.39 Å². The Bertz CT molecular complexity index is 640. The first kappa shape index (κ1) is 15.8. The number of allylic oxidation sites excluding steroid dienone is 1. The van der Waals surface area contributed by atoms with E-state index in [2.05, 4.69) is 28.9 Å². The predicted octanol–water partition coefficient (Wildman–Crippen LogP) is 4.79. The van der Waals surface area contributed by atoms with E-state index >= 15 is 0 Å². The van der Waals surface area contributed by atoms with Gasteiger partial charge in [-0.05, 0) is 48.1 Å². The molecule has 0 atom stereocenters. The molecule has 0 radical (unpaired) electrons. The van der Waals surface area contributed by atoms with Gasteiger partial charge >= 0.3 is 0 Å². The summed E-state index contributed by atoms with van der Waals surface area (Å²) in [6.45, 7) is 3.72. The number of aryl methyl sites for hydroxylation is 1. The van der Waals surface area contributed by atoms with Crippen molar-refractivity contribution in [3.8, 4) is 0 Å². The second-order valence-electron chi connectivity index (χ2n) is 4.96. The van der Waals surface area contributed by atoms with Gasteiger partial charge < -0.3 is 0 Å². The lowest BCUT2D eigenvalue weighted by Crippen LogP contribution is -1.86. The van der Waals surface area contributed by atoms with E-state index in [0.717, 1.165) is 30.4 Å². The second-order valence-corrected chi connectivity index (χ2v) is 4.96. The van der Waals surface area contributed by atoms with Crippen LogP contribution in [-0.2, 0) is 6.42 Å². The molecule has 0 aromatic heterocycles. The Balaban J connectivity index is 1.87. The highest BCUT2D eigenvalue weighted by Gasteiger charge is 1.93. The van der Waals surface area contributed by atoms with Crippen LogP contribution in [0.25, 0.3) is 0 Å². The number of rotatable bonds is 7. The first-order chi connectivity index (χ1) is 10.8. The van der Waals surface area contributed by atoms with Crippen molar-refractivity contribution in [3.05, 3.63) is 83.7 Å². The standard InChI is InChI=1S/C19H19FN2/c1-2-3-4-5-16-6-8-17(9-7-16)14-21-22-15-18-10-12-19(20)13-11-18/h2,6-15H,1,3-5H2/b21-14+,22-15+. The molecule has 0 N–H and O–H groups in total. The van der Waals surface area contributed by atoms with Crippen molar-refractivity contribution in [1.82, 2.24) is 0 Å². The summed E-state index contributed by atoms with van der Waals surface area (Å²) in [5.74, 6) is -0.256. The molecule has 0 saturated carbocycles. The predicted molar refractivity (Wildman–Crippen MR) is 91.2 cm³/mol. The lowest BCUT2D eigenvalue weighted by Gasteiger charge is -1.99. The summed E-state index contributed by atoms with van der Waals surface area (Å²) < 4.78 is 12.7. The highest BCUT2D eigenvalue weighted by Crippen LogP contribution is 2.07. The van der Waals surface area contributed by atoms with Gasteiger partial charge in [0.1, 0.15) is 5.82 Å². The molecule has 2 aromatic rings. The van der Waals surface area contributed by atoms with Crippen molar-refractivity contribution in [2.45, 2.75) is 19.3 Å². The van der Waals surface area contributed by atoms with Crippen molar-refractivity contribution in [3.63, 3.8) is 0 Å². The number of hydrogen-bond donors (Lipinski definition) is 0. The molecule has 0 unspecified atom stereocenters. The molecule has 2 nitrogen and oxygen atoms in total. The number of halogens is 1. The molecule has 2 aromatic carbocycles. The highest BCUT2D eigenvalue weighted by molar-refractivity contribution is 5.82. The zero-order chi connectivity index (χ0) is 15.6. The summed E-state index contributed by atoms with van der Waals surface area (Å²) in [6.07, 6.45) is 8.47. The molecule has 3 heteroatoms. The molecule has 0 saturated heterocycles. The second kappa shape index (κ2) is 8.67. The van der Waals surface area contributed by atoms with E-state index in [4.69, 9.17) is 0 Å². The summed E-state index contributed by atoms with van der Waals surface area (Å²) in [6, 6.07) is 14.4. The maximum Gasteiger partial charge on any atom is 0.123 e. The molecular formula is C19H19FN2. The van der Waals surface area contributed by atoms with E-state index < -0.39 is 0 Å². The van der Waals surface area contributed by atoms with Crippen molar-refractivity contribution in [2.75, 3.05) is 0 Å². The maximum atomic E-state index is 12.7.